The predicted octanol–water partition coefficient (Wildman–Crippen LogP) is 0.889. The zero-order chi connectivity index (χ0) is 13.8. The Balaban J connectivity index is 1.82. The summed E-state index contributed by atoms with van der Waals surface area (Å²) in [6.07, 6.45) is 3.37. The summed E-state index contributed by atoms with van der Waals surface area (Å²) in [6, 6.07) is -0.457. The second-order valence-electron chi connectivity index (χ2n) is 5.23. The Kier molecular flexibility index (Phi) is 5.10. The number of amides is 1. The van der Waals surface area contributed by atoms with Gasteiger partial charge in [0.1, 0.15) is 6.04 Å². The van der Waals surface area contributed by atoms with E-state index in [0.717, 1.165) is 18.6 Å². The van der Waals surface area contributed by atoms with Crippen LogP contribution in [-0.2, 0) is 9.59 Å². The first-order valence-electron chi connectivity index (χ1n) is 6.97. The third-order valence-corrected chi connectivity index (χ3v) is 5.35. The summed E-state index contributed by atoms with van der Waals surface area (Å²) in [5.74, 6) is 0.557. The van der Waals surface area contributed by atoms with Crippen molar-refractivity contribution in [3.8, 4) is 0 Å². The van der Waals surface area contributed by atoms with Crippen LogP contribution in [0.25, 0.3) is 0 Å². The van der Waals surface area contributed by atoms with Crippen LogP contribution >= 0.6 is 11.8 Å². The van der Waals surface area contributed by atoms with Gasteiger partial charge in [0.05, 0.1) is 5.25 Å². The molecule has 1 N–H and O–H groups in total. The van der Waals surface area contributed by atoms with E-state index in [1.165, 1.54) is 6.42 Å². The quantitative estimate of drug-likeness (QED) is 0.835. The summed E-state index contributed by atoms with van der Waals surface area (Å²) in [6.45, 7) is 4.35. The van der Waals surface area contributed by atoms with Gasteiger partial charge in [-0.3, -0.25) is 14.5 Å². The molecule has 1 amide bonds. The second kappa shape index (κ2) is 6.61. The summed E-state index contributed by atoms with van der Waals surface area (Å²) < 4.78 is 0. The van der Waals surface area contributed by atoms with Crippen LogP contribution < -0.4 is 0 Å². The van der Waals surface area contributed by atoms with Crippen LogP contribution in [0.4, 0.5) is 0 Å². The molecule has 5 nitrogen and oxygen atoms in total. The molecule has 0 bridgehead atoms. The third-order valence-electron chi connectivity index (χ3n) is 3.99. The van der Waals surface area contributed by atoms with Crippen molar-refractivity contribution in [2.24, 2.45) is 0 Å². The fourth-order valence-electron chi connectivity index (χ4n) is 2.62. The molecule has 19 heavy (non-hydrogen) atoms. The number of thioether (sulfide) groups is 1. The lowest BCUT2D eigenvalue weighted by Gasteiger charge is -2.38. The van der Waals surface area contributed by atoms with Crippen molar-refractivity contribution in [3.05, 3.63) is 0 Å². The molecule has 2 saturated heterocycles. The number of hydrogen-bond acceptors (Lipinski definition) is 4. The van der Waals surface area contributed by atoms with Crippen LogP contribution in [0, 0.1) is 0 Å². The normalized spacial score (nSPS) is 27.0. The summed E-state index contributed by atoms with van der Waals surface area (Å²) in [5, 5.41) is 9.12. The van der Waals surface area contributed by atoms with E-state index in [1.807, 2.05) is 9.80 Å². The highest BCUT2D eigenvalue weighted by Gasteiger charge is 2.31. The molecule has 2 fully saturated rings. The Morgan fingerprint density at radius 3 is 2.42 bits per heavy atom. The van der Waals surface area contributed by atoms with E-state index in [1.54, 1.807) is 18.7 Å². The van der Waals surface area contributed by atoms with E-state index in [0.29, 0.717) is 26.2 Å². The maximum atomic E-state index is 12.3. The topological polar surface area (TPSA) is 60.9 Å². The van der Waals surface area contributed by atoms with Gasteiger partial charge in [-0.25, -0.2) is 0 Å². The van der Waals surface area contributed by atoms with Crippen LogP contribution in [0.1, 0.15) is 26.2 Å². The Labute approximate surface area is 118 Å². The highest BCUT2D eigenvalue weighted by atomic mass is 32.2. The van der Waals surface area contributed by atoms with Crippen LogP contribution in [0.5, 0.6) is 0 Å². The number of piperazine rings is 1. The molecule has 0 saturated carbocycles. The van der Waals surface area contributed by atoms with Gasteiger partial charge >= 0.3 is 5.97 Å². The number of aliphatic carboxylic acids is 1. The van der Waals surface area contributed by atoms with Crippen molar-refractivity contribution in [3.63, 3.8) is 0 Å². The molecule has 108 valence electrons. The molecular weight excluding hydrogens is 264 g/mol. The standard InChI is InChI=1S/C13H22N2O3S/c1-10(13(17)18)14-5-7-15(8-6-14)12(16)11-4-2-3-9-19-11/h10-11H,2-9H2,1H3,(H,17,18). The predicted molar refractivity (Wildman–Crippen MR) is 75.3 cm³/mol. The van der Waals surface area contributed by atoms with Crippen molar-refractivity contribution >= 4 is 23.6 Å². The first-order valence-corrected chi connectivity index (χ1v) is 8.01. The monoisotopic (exact) mass is 286 g/mol. The zero-order valence-corrected chi connectivity index (χ0v) is 12.2. The van der Waals surface area contributed by atoms with Crippen molar-refractivity contribution < 1.29 is 14.7 Å². The minimum Gasteiger partial charge on any atom is -0.480 e. The fraction of sp³-hybridized carbons (Fsp3) is 0.846. The Hall–Kier alpha value is -0.750. The SMILES string of the molecule is CC(C(=O)O)N1CCN(C(=O)C2CCCCS2)CC1. The first kappa shape index (κ1) is 14.7. The van der Waals surface area contributed by atoms with Crippen LogP contribution in [-0.4, -0.2) is 70.0 Å². The van der Waals surface area contributed by atoms with Gasteiger partial charge in [-0.05, 0) is 25.5 Å². The second-order valence-corrected chi connectivity index (χ2v) is 6.54. The highest BCUT2D eigenvalue weighted by Crippen LogP contribution is 2.27. The Morgan fingerprint density at radius 2 is 1.89 bits per heavy atom. The number of carboxylic acid groups (broad SMARTS) is 1. The Morgan fingerprint density at radius 1 is 1.21 bits per heavy atom. The average Bonchev–Trinajstić information content (AvgIpc) is 2.46. The summed E-state index contributed by atoms with van der Waals surface area (Å²) in [4.78, 5) is 27.1. The van der Waals surface area contributed by atoms with Gasteiger partial charge < -0.3 is 10.0 Å². The van der Waals surface area contributed by atoms with Crippen molar-refractivity contribution in [1.82, 2.24) is 9.80 Å². The van der Waals surface area contributed by atoms with Crippen molar-refractivity contribution in [1.29, 1.82) is 0 Å². The van der Waals surface area contributed by atoms with E-state index in [4.69, 9.17) is 5.11 Å². The molecule has 2 heterocycles. The maximum absolute atomic E-state index is 12.3. The van der Waals surface area contributed by atoms with Gasteiger partial charge in [-0.1, -0.05) is 6.42 Å². The highest BCUT2D eigenvalue weighted by molar-refractivity contribution is 8.00. The lowest BCUT2D eigenvalue weighted by Crippen LogP contribution is -2.54. The van der Waals surface area contributed by atoms with E-state index in [2.05, 4.69) is 0 Å². The van der Waals surface area contributed by atoms with Gasteiger partial charge in [-0.15, -0.1) is 11.8 Å². The van der Waals surface area contributed by atoms with Gasteiger partial charge in [0.2, 0.25) is 5.91 Å². The molecule has 0 aliphatic carbocycles. The first-order chi connectivity index (χ1) is 9.09. The van der Waals surface area contributed by atoms with E-state index in [-0.39, 0.29) is 11.2 Å². The average molecular weight is 286 g/mol. The van der Waals surface area contributed by atoms with Gasteiger partial charge in [0.25, 0.3) is 0 Å². The van der Waals surface area contributed by atoms with E-state index >= 15 is 0 Å². The minimum atomic E-state index is -0.789. The number of carboxylic acids is 1. The molecule has 0 aromatic carbocycles. The fourth-order valence-corrected chi connectivity index (χ4v) is 3.91. The number of hydrogen-bond donors (Lipinski definition) is 1. The molecule has 6 heteroatoms. The number of carbonyl (C=O) groups is 2. The van der Waals surface area contributed by atoms with E-state index < -0.39 is 12.0 Å². The molecule has 2 aliphatic rings. The third kappa shape index (κ3) is 3.63. The molecule has 0 spiro atoms. The van der Waals surface area contributed by atoms with Crippen molar-refractivity contribution in [2.75, 3.05) is 31.9 Å². The summed E-state index contributed by atoms with van der Waals surface area (Å²) in [7, 11) is 0. The summed E-state index contributed by atoms with van der Waals surface area (Å²) in [5.41, 5.74) is 0. The largest absolute Gasteiger partial charge is 0.480 e. The zero-order valence-electron chi connectivity index (χ0n) is 11.4. The van der Waals surface area contributed by atoms with Gasteiger partial charge in [0, 0.05) is 26.2 Å². The number of carbonyl (C=O) groups excluding carboxylic acids is 1. The minimum absolute atomic E-state index is 0.136. The van der Waals surface area contributed by atoms with Crippen molar-refractivity contribution in [2.45, 2.75) is 37.5 Å². The van der Waals surface area contributed by atoms with Crippen LogP contribution in [0.3, 0.4) is 0 Å². The molecule has 2 rings (SSSR count). The van der Waals surface area contributed by atoms with Crippen LogP contribution in [0.15, 0.2) is 0 Å². The summed E-state index contributed by atoms with van der Waals surface area (Å²) >= 11 is 1.78. The molecule has 0 aromatic heterocycles. The van der Waals surface area contributed by atoms with Gasteiger partial charge in [0.15, 0.2) is 0 Å². The molecule has 2 atom stereocenters. The Bertz CT molecular complexity index is 337. The molecule has 0 radical (unpaired) electrons. The van der Waals surface area contributed by atoms with Crippen LogP contribution in [0.2, 0.25) is 0 Å². The lowest BCUT2D eigenvalue weighted by molar-refractivity contribution is -0.144. The number of nitrogens with zero attached hydrogens (tertiary/aromatic N) is 2. The smallest absolute Gasteiger partial charge is 0.320 e. The van der Waals surface area contributed by atoms with E-state index in [9.17, 15) is 9.59 Å². The molecule has 2 unspecified atom stereocenters. The molecule has 0 aromatic rings. The molecule has 2 aliphatic heterocycles. The number of rotatable bonds is 3. The lowest BCUT2D eigenvalue weighted by atomic mass is 10.1. The van der Waals surface area contributed by atoms with Gasteiger partial charge in [-0.2, -0.15) is 0 Å². The molecular formula is C13H22N2O3S. The maximum Gasteiger partial charge on any atom is 0.320 e.